The first-order chi connectivity index (χ1) is 10.1. The lowest BCUT2D eigenvalue weighted by atomic mass is 10.1. The number of Topliss-reactive ketones (excluding diaryl/α,β-unsaturated/α-hetero) is 1. The largest absolute Gasteiger partial charge is 0.496 e. The molecule has 1 unspecified atom stereocenters. The maximum absolute atomic E-state index is 11.5. The van der Waals surface area contributed by atoms with Crippen LogP contribution in [-0.2, 0) is 11.3 Å². The molecule has 3 heteroatoms. The molecular weight excluding hydrogens is 264 g/mol. The van der Waals surface area contributed by atoms with Crippen LogP contribution >= 0.6 is 0 Å². The second kappa shape index (κ2) is 9.56. The lowest BCUT2D eigenvalue weighted by molar-refractivity contribution is 0.0448. The first-order valence-electron chi connectivity index (χ1n) is 7.88. The predicted octanol–water partition coefficient (Wildman–Crippen LogP) is 4.77. The van der Waals surface area contributed by atoms with Gasteiger partial charge in [-0.05, 0) is 38.5 Å². The topological polar surface area (TPSA) is 35.5 Å². The molecule has 1 aromatic carbocycles. The van der Waals surface area contributed by atoms with Gasteiger partial charge in [0.2, 0.25) is 0 Å². The summed E-state index contributed by atoms with van der Waals surface area (Å²) in [6.07, 6.45) is 6.33. The van der Waals surface area contributed by atoms with Crippen molar-refractivity contribution < 1.29 is 14.3 Å². The van der Waals surface area contributed by atoms with E-state index in [-0.39, 0.29) is 11.9 Å². The summed E-state index contributed by atoms with van der Waals surface area (Å²) in [5.41, 5.74) is 1.63. The minimum atomic E-state index is 0.0616. The fourth-order valence-electron chi connectivity index (χ4n) is 2.28. The van der Waals surface area contributed by atoms with E-state index in [4.69, 9.17) is 9.47 Å². The number of carbonyl (C=O) groups is 1. The molecular formula is C18H28O3. The quantitative estimate of drug-likeness (QED) is 0.460. The van der Waals surface area contributed by atoms with Crippen molar-refractivity contribution in [3.05, 3.63) is 29.3 Å². The van der Waals surface area contributed by atoms with Crippen molar-refractivity contribution in [1.82, 2.24) is 0 Å². The van der Waals surface area contributed by atoms with Gasteiger partial charge in [0, 0.05) is 11.1 Å². The Morgan fingerprint density at radius 1 is 1.24 bits per heavy atom. The van der Waals surface area contributed by atoms with Crippen molar-refractivity contribution >= 4 is 5.78 Å². The number of unbranched alkanes of at least 4 members (excludes halogenated alkanes) is 3. The van der Waals surface area contributed by atoms with Gasteiger partial charge in [-0.3, -0.25) is 4.79 Å². The highest BCUT2D eigenvalue weighted by Crippen LogP contribution is 2.22. The van der Waals surface area contributed by atoms with E-state index in [0.29, 0.717) is 12.2 Å². The van der Waals surface area contributed by atoms with Crippen LogP contribution in [0.4, 0.5) is 0 Å². The number of rotatable bonds is 10. The Morgan fingerprint density at radius 3 is 2.62 bits per heavy atom. The summed E-state index contributed by atoms with van der Waals surface area (Å²) >= 11 is 0. The zero-order chi connectivity index (χ0) is 15.7. The van der Waals surface area contributed by atoms with Gasteiger partial charge >= 0.3 is 0 Å². The normalized spacial score (nSPS) is 12.2. The Bertz CT molecular complexity index is 440. The molecule has 21 heavy (non-hydrogen) atoms. The molecule has 0 heterocycles. The van der Waals surface area contributed by atoms with Crippen molar-refractivity contribution in [2.45, 2.75) is 65.6 Å². The molecule has 1 rings (SSSR count). The smallest absolute Gasteiger partial charge is 0.159 e. The molecule has 0 radical (unpaired) electrons. The van der Waals surface area contributed by atoms with Gasteiger partial charge in [-0.2, -0.15) is 0 Å². The average Bonchev–Trinajstić information content (AvgIpc) is 2.49. The number of benzene rings is 1. The molecule has 0 aliphatic heterocycles. The van der Waals surface area contributed by atoms with Gasteiger partial charge in [0.15, 0.2) is 5.78 Å². The number of ketones is 1. The molecule has 1 aromatic rings. The molecule has 0 bridgehead atoms. The maximum atomic E-state index is 11.5. The van der Waals surface area contributed by atoms with Crippen LogP contribution in [-0.4, -0.2) is 19.0 Å². The molecule has 0 aliphatic carbocycles. The Hall–Kier alpha value is -1.35. The summed E-state index contributed by atoms with van der Waals surface area (Å²) in [5.74, 6) is 0.838. The van der Waals surface area contributed by atoms with Crippen LogP contribution in [0.15, 0.2) is 18.2 Å². The Kier molecular flexibility index (Phi) is 8.06. The molecule has 0 spiro atoms. The summed E-state index contributed by atoms with van der Waals surface area (Å²) in [6, 6.07) is 5.49. The zero-order valence-corrected chi connectivity index (χ0v) is 13.8. The fraction of sp³-hybridized carbons (Fsp3) is 0.611. The second-order valence-corrected chi connectivity index (χ2v) is 5.55. The van der Waals surface area contributed by atoms with E-state index >= 15 is 0 Å². The van der Waals surface area contributed by atoms with E-state index < -0.39 is 0 Å². The van der Waals surface area contributed by atoms with Gasteiger partial charge in [0.1, 0.15) is 5.75 Å². The molecule has 0 fully saturated rings. The fourth-order valence-corrected chi connectivity index (χ4v) is 2.28. The molecule has 118 valence electrons. The number of ether oxygens (including phenoxy) is 2. The molecule has 0 aliphatic rings. The molecule has 0 saturated heterocycles. The number of carbonyl (C=O) groups excluding carboxylic acids is 1. The summed E-state index contributed by atoms with van der Waals surface area (Å²) in [4.78, 5) is 11.5. The van der Waals surface area contributed by atoms with Gasteiger partial charge in [-0.1, -0.05) is 32.6 Å². The first-order valence-corrected chi connectivity index (χ1v) is 7.88. The van der Waals surface area contributed by atoms with Crippen LogP contribution in [0.3, 0.4) is 0 Å². The summed E-state index contributed by atoms with van der Waals surface area (Å²) in [7, 11) is 1.64. The molecule has 3 nitrogen and oxygen atoms in total. The number of hydrogen-bond acceptors (Lipinski definition) is 3. The van der Waals surface area contributed by atoms with Gasteiger partial charge in [0.25, 0.3) is 0 Å². The zero-order valence-electron chi connectivity index (χ0n) is 13.8. The van der Waals surface area contributed by atoms with E-state index in [9.17, 15) is 4.79 Å². The van der Waals surface area contributed by atoms with Gasteiger partial charge in [-0.15, -0.1) is 0 Å². The van der Waals surface area contributed by atoms with Crippen LogP contribution in [0, 0.1) is 0 Å². The van der Waals surface area contributed by atoms with Gasteiger partial charge in [-0.25, -0.2) is 0 Å². The lowest BCUT2D eigenvalue weighted by Gasteiger charge is -2.15. The Labute approximate surface area is 128 Å². The molecule has 0 aromatic heterocycles. The minimum Gasteiger partial charge on any atom is -0.496 e. The average molecular weight is 292 g/mol. The Morgan fingerprint density at radius 2 is 2.00 bits per heavy atom. The number of methoxy groups -OCH3 is 1. The van der Waals surface area contributed by atoms with Crippen LogP contribution in [0.2, 0.25) is 0 Å². The second-order valence-electron chi connectivity index (χ2n) is 5.55. The van der Waals surface area contributed by atoms with E-state index in [1.165, 1.54) is 25.7 Å². The van der Waals surface area contributed by atoms with E-state index in [1.807, 2.05) is 12.1 Å². The highest BCUT2D eigenvalue weighted by Gasteiger charge is 2.09. The molecule has 0 saturated carbocycles. The highest BCUT2D eigenvalue weighted by molar-refractivity contribution is 5.94. The van der Waals surface area contributed by atoms with E-state index in [1.54, 1.807) is 20.1 Å². The summed E-state index contributed by atoms with van der Waals surface area (Å²) in [5, 5.41) is 0. The van der Waals surface area contributed by atoms with Crippen LogP contribution in [0.1, 0.15) is 68.8 Å². The van der Waals surface area contributed by atoms with Crippen molar-refractivity contribution in [2.75, 3.05) is 7.11 Å². The highest BCUT2D eigenvalue weighted by atomic mass is 16.5. The van der Waals surface area contributed by atoms with Gasteiger partial charge < -0.3 is 9.47 Å². The third-order valence-corrected chi connectivity index (χ3v) is 3.67. The van der Waals surface area contributed by atoms with Crippen molar-refractivity contribution in [3.63, 3.8) is 0 Å². The van der Waals surface area contributed by atoms with Crippen LogP contribution in [0.5, 0.6) is 5.75 Å². The van der Waals surface area contributed by atoms with Crippen molar-refractivity contribution in [2.24, 2.45) is 0 Å². The standard InChI is InChI=1S/C18H28O3/c1-5-6-7-8-9-14(2)21-13-17-12-16(15(3)19)10-11-18(17)20-4/h10-12,14H,5-9,13H2,1-4H3. The third kappa shape index (κ3) is 6.30. The van der Waals surface area contributed by atoms with Crippen molar-refractivity contribution in [3.8, 4) is 5.75 Å². The van der Waals surface area contributed by atoms with Crippen molar-refractivity contribution in [1.29, 1.82) is 0 Å². The molecule has 0 amide bonds. The minimum absolute atomic E-state index is 0.0616. The predicted molar refractivity (Wildman–Crippen MR) is 86.0 cm³/mol. The monoisotopic (exact) mass is 292 g/mol. The molecule has 1 atom stereocenters. The van der Waals surface area contributed by atoms with Crippen LogP contribution < -0.4 is 4.74 Å². The summed E-state index contributed by atoms with van der Waals surface area (Å²) < 4.78 is 11.2. The van der Waals surface area contributed by atoms with Gasteiger partial charge in [0.05, 0.1) is 19.8 Å². The third-order valence-electron chi connectivity index (χ3n) is 3.67. The maximum Gasteiger partial charge on any atom is 0.159 e. The van der Waals surface area contributed by atoms with E-state index in [0.717, 1.165) is 17.7 Å². The Balaban J connectivity index is 2.53. The summed E-state index contributed by atoms with van der Waals surface area (Å²) in [6.45, 7) is 6.38. The van der Waals surface area contributed by atoms with E-state index in [2.05, 4.69) is 13.8 Å². The molecule has 0 N–H and O–H groups in total. The lowest BCUT2D eigenvalue weighted by Crippen LogP contribution is -2.09. The number of hydrogen-bond donors (Lipinski definition) is 0. The first kappa shape index (κ1) is 17.7. The van der Waals surface area contributed by atoms with Crippen LogP contribution in [0.25, 0.3) is 0 Å². The SMILES string of the molecule is CCCCCCC(C)OCc1cc(C(C)=O)ccc1OC.